The van der Waals surface area contributed by atoms with Gasteiger partial charge in [-0.05, 0) is 61.4 Å². The van der Waals surface area contributed by atoms with E-state index >= 15 is 0 Å². The van der Waals surface area contributed by atoms with E-state index in [1.165, 1.54) is 35.3 Å². The molecule has 8 heteroatoms. The largest absolute Gasteiger partial charge is 0.337 e. The van der Waals surface area contributed by atoms with E-state index in [4.69, 9.17) is 0 Å². The maximum absolute atomic E-state index is 14.0. The van der Waals surface area contributed by atoms with Gasteiger partial charge in [-0.25, -0.2) is 8.78 Å². The Hall–Kier alpha value is -4.20. The Bertz CT molecular complexity index is 1460. The summed E-state index contributed by atoms with van der Waals surface area (Å²) in [6.07, 6.45) is 4.21. The summed E-state index contributed by atoms with van der Waals surface area (Å²) in [5.74, 6) is -2.63. The van der Waals surface area contributed by atoms with Crippen molar-refractivity contribution in [3.8, 4) is 0 Å². The van der Waals surface area contributed by atoms with Gasteiger partial charge in [-0.15, -0.1) is 0 Å². The minimum atomic E-state index is -0.783. The molecule has 0 saturated carbocycles. The average molecular weight is 447 g/mol. The Balaban J connectivity index is 1.81. The molecule has 4 aromatic rings. The fraction of sp³-hybridized carbons (Fsp3) is 0.120. The van der Waals surface area contributed by atoms with Crippen molar-refractivity contribution in [2.75, 3.05) is 5.32 Å². The monoisotopic (exact) mass is 447 g/mol. The van der Waals surface area contributed by atoms with Crippen molar-refractivity contribution in [3.05, 3.63) is 105 Å². The number of ketones is 1. The van der Waals surface area contributed by atoms with Gasteiger partial charge >= 0.3 is 0 Å². The SMILES string of the molecule is Cc1cc2c(=O)c(C(=O)c3ccncc3)cn(CC(=O)Nc3cc(F)ccc3F)c2cc1C. The highest BCUT2D eigenvalue weighted by molar-refractivity contribution is 6.10. The lowest BCUT2D eigenvalue weighted by molar-refractivity contribution is -0.116. The molecule has 1 N–H and O–H groups in total. The van der Waals surface area contributed by atoms with Gasteiger partial charge in [0.25, 0.3) is 0 Å². The molecule has 0 aliphatic carbocycles. The van der Waals surface area contributed by atoms with Crippen molar-refractivity contribution >= 4 is 28.3 Å². The number of carbonyl (C=O) groups excluding carboxylic acids is 2. The van der Waals surface area contributed by atoms with E-state index in [1.54, 1.807) is 12.1 Å². The number of pyridine rings is 2. The Morgan fingerprint density at radius 1 is 1.00 bits per heavy atom. The van der Waals surface area contributed by atoms with Crippen LogP contribution in [0.3, 0.4) is 0 Å². The molecule has 33 heavy (non-hydrogen) atoms. The minimum Gasteiger partial charge on any atom is -0.337 e. The number of anilines is 1. The normalized spacial score (nSPS) is 10.9. The number of aromatic nitrogens is 2. The minimum absolute atomic E-state index is 0.110. The first kappa shape index (κ1) is 22.0. The third-order valence-electron chi connectivity index (χ3n) is 5.40. The lowest BCUT2D eigenvalue weighted by atomic mass is 10.0. The molecule has 0 radical (unpaired) electrons. The fourth-order valence-corrected chi connectivity index (χ4v) is 3.54. The summed E-state index contributed by atoms with van der Waals surface area (Å²) in [5, 5.41) is 2.62. The Labute approximate surface area is 187 Å². The maximum Gasteiger partial charge on any atom is 0.244 e. The van der Waals surface area contributed by atoms with E-state index in [2.05, 4.69) is 10.3 Å². The maximum atomic E-state index is 14.0. The molecule has 0 fully saturated rings. The predicted octanol–water partition coefficient (Wildman–Crippen LogP) is 4.16. The highest BCUT2D eigenvalue weighted by Crippen LogP contribution is 2.20. The van der Waals surface area contributed by atoms with Gasteiger partial charge in [0.05, 0.1) is 16.8 Å². The molecule has 0 aliphatic rings. The molecule has 0 unspecified atom stereocenters. The van der Waals surface area contributed by atoms with Crippen LogP contribution in [0.4, 0.5) is 14.5 Å². The fourth-order valence-electron chi connectivity index (χ4n) is 3.54. The second-order valence-corrected chi connectivity index (χ2v) is 7.69. The number of carbonyl (C=O) groups is 2. The standard InChI is InChI=1S/C25H19F2N3O3/c1-14-9-18-22(10-15(14)2)30(13-23(31)29-21-11-17(26)3-4-20(21)27)12-19(25(18)33)24(32)16-5-7-28-8-6-16/h3-12H,13H2,1-2H3,(H,29,31). The van der Waals surface area contributed by atoms with Gasteiger partial charge in [-0.3, -0.25) is 19.4 Å². The summed E-state index contributed by atoms with van der Waals surface area (Å²) < 4.78 is 28.9. The summed E-state index contributed by atoms with van der Waals surface area (Å²) in [4.78, 5) is 42.8. The average Bonchev–Trinajstić information content (AvgIpc) is 2.79. The van der Waals surface area contributed by atoms with E-state index in [9.17, 15) is 23.2 Å². The van der Waals surface area contributed by atoms with Crippen LogP contribution in [0.5, 0.6) is 0 Å². The van der Waals surface area contributed by atoms with E-state index < -0.39 is 28.8 Å². The topological polar surface area (TPSA) is 81.1 Å². The highest BCUT2D eigenvalue weighted by Gasteiger charge is 2.19. The molecule has 0 saturated heterocycles. The van der Waals surface area contributed by atoms with Gasteiger partial charge in [0.15, 0.2) is 5.78 Å². The van der Waals surface area contributed by atoms with Crippen LogP contribution in [-0.2, 0) is 11.3 Å². The molecular formula is C25H19F2N3O3. The van der Waals surface area contributed by atoms with Gasteiger partial charge in [-0.1, -0.05) is 0 Å². The lowest BCUT2D eigenvalue weighted by Gasteiger charge is -2.15. The first-order chi connectivity index (χ1) is 15.7. The molecule has 2 heterocycles. The molecule has 4 rings (SSSR count). The molecule has 2 aromatic carbocycles. The second kappa shape index (κ2) is 8.74. The molecule has 1 amide bonds. The zero-order chi connectivity index (χ0) is 23.7. The quantitative estimate of drug-likeness (QED) is 0.466. The summed E-state index contributed by atoms with van der Waals surface area (Å²) in [6.45, 7) is 3.38. The zero-order valence-electron chi connectivity index (χ0n) is 17.9. The van der Waals surface area contributed by atoms with Crippen LogP contribution < -0.4 is 10.7 Å². The molecule has 0 atom stereocenters. The van der Waals surface area contributed by atoms with Gasteiger partial charge in [0.1, 0.15) is 18.2 Å². The number of benzene rings is 2. The molecule has 0 spiro atoms. The van der Waals surface area contributed by atoms with Crippen LogP contribution in [0.15, 0.2) is 65.8 Å². The van der Waals surface area contributed by atoms with Crippen LogP contribution in [0, 0.1) is 25.5 Å². The van der Waals surface area contributed by atoms with E-state index in [0.29, 0.717) is 5.52 Å². The number of halogens is 2. The Morgan fingerprint density at radius 3 is 2.42 bits per heavy atom. The summed E-state index contributed by atoms with van der Waals surface area (Å²) >= 11 is 0. The summed E-state index contributed by atoms with van der Waals surface area (Å²) in [7, 11) is 0. The molecule has 166 valence electrons. The number of amides is 1. The van der Waals surface area contributed by atoms with Crippen LogP contribution in [-0.4, -0.2) is 21.2 Å². The van der Waals surface area contributed by atoms with E-state index in [-0.39, 0.29) is 28.7 Å². The van der Waals surface area contributed by atoms with Gasteiger partial charge < -0.3 is 9.88 Å². The van der Waals surface area contributed by atoms with Crippen molar-refractivity contribution in [1.29, 1.82) is 0 Å². The van der Waals surface area contributed by atoms with Gasteiger partial charge in [-0.2, -0.15) is 0 Å². The number of aryl methyl sites for hydroxylation is 2. The number of hydrogen-bond donors (Lipinski definition) is 1. The first-order valence-electron chi connectivity index (χ1n) is 10.1. The Morgan fingerprint density at radius 2 is 1.70 bits per heavy atom. The first-order valence-corrected chi connectivity index (χ1v) is 10.1. The van der Waals surface area contributed by atoms with Crippen molar-refractivity contribution in [2.45, 2.75) is 20.4 Å². The number of fused-ring (bicyclic) bond motifs is 1. The van der Waals surface area contributed by atoms with E-state index in [0.717, 1.165) is 29.3 Å². The number of nitrogens with one attached hydrogen (secondary N) is 1. The van der Waals surface area contributed by atoms with Crippen molar-refractivity contribution in [2.24, 2.45) is 0 Å². The molecule has 0 bridgehead atoms. The molecular weight excluding hydrogens is 428 g/mol. The lowest BCUT2D eigenvalue weighted by Crippen LogP contribution is -2.24. The molecule has 0 aliphatic heterocycles. The summed E-state index contributed by atoms with van der Waals surface area (Å²) in [5.41, 5.74) is 1.61. The van der Waals surface area contributed by atoms with E-state index in [1.807, 2.05) is 13.8 Å². The van der Waals surface area contributed by atoms with Crippen LogP contribution in [0.25, 0.3) is 10.9 Å². The number of hydrogen-bond acceptors (Lipinski definition) is 4. The predicted molar refractivity (Wildman–Crippen MR) is 120 cm³/mol. The zero-order valence-corrected chi connectivity index (χ0v) is 17.9. The van der Waals surface area contributed by atoms with Crippen molar-refractivity contribution < 1.29 is 18.4 Å². The Kier molecular flexibility index (Phi) is 5.83. The van der Waals surface area contributed by atoms with Crippen molar-refractivity contribution in [3.63, 3.8) is 0 Å². The molecule has 6 nitrogen and oxygen atoms in total. The van der Waals surface area contributed by atoms with Gasteiger partial charge in [0, 0.05) is 35.6 Å². The third kappa shape index (κ3) is 4.41. The van der Waals surface area contributed by atoms with Crippen LogP contribution >= 0.6 is 0 Å². The second-order valence-electron chi connectivity index (χ2n) is 7.69. The van der Waals surface area contributed by atoms with Crippen LogP contribution in [0.1, 0.15) is 27.0 Å². The number of nitrogens with zero attached hydrogens (tertiary/aromatic N) is 2. The molecule has 2 aromatic heterocycles. The van der Waals surface area contributed by atoms with Crippen LogP contribution in [0.2, 0.25) is 0 Å². The smallest absolute Gasteiger partial charge is 0.244 e. The van der Waals surface area contributed by atoms with Gasteiger partial charge in [0.2, 0.25) is 11.3 Å². The highest BCUT2D eigenvalue weighted by atomic mass is 19.1. The number of rotatable bonds is 5. The third-order valence-corrected chi connectivity index (χ3v) is 5.40. The van der Waals surface area contributed by atoms with Crippen molar-refractivity contribution in [1.82, 2.24) is 9.55 Å². The summed E-state index contributed by atoms with van der Waals surface area (Å²) in [6, 6.07) is 9.16.